The third-order valence-electron chi connectivity index (χ3n) is 1.92. The molecule has 76 valence electrons. The van der Waals surface area contributed by atoms with Crippen LogP contribution in [0.25, 0.3) is 0 Å². The first-order valence-electron chi connectivity index (χ1n) is 4.59. The first-order chi connectivity index (χ1) is 6.74. The number of pyridine rings is 1. The van der Waals surface area contributed by atoms with Gasteiger partial charge < -0.3 is 10.6 Å². The molecule has 0 saturated carbocycles. The van der Waals surface area contributed by atoms with E-state index >= 15 is 0 Å². The number of nitrogens with one attached hydrogen (secondary N) is 2. The second kappa shape index (κ2) is 5.34. The molecule has 0 unspecified atom stereocenters. The lowest BCUT2D eigenvalue weighted by atomic mass is 10.2. The van der Waals surface area contributed by atoms with Crippen LogP contribution in [-0.4, -0.2) is 24.5 Å². The van der Waals surface area contributed by atoms with Crippen LogP contribution in [0.3, 0.4) is 0 Å². The summed E-state index contributed by atoms with van der Waals surface area (Å²) < 4.78 is 0. The molecule has 0 radical (unpaired) electrons. The van der Waals surface area contributed by atoms with E-state index in [1.165, 1.54) is 0 Å². The summed E-state index contributed by atoms with van der Waals surface area (Å²) in [5.41, 5.74) is 1.81. The topological polar surface area (TPSA) is 54.0 Å². The van der Waals surface area contributed by atoms with Crippen molar-refractivity contribution in [2.24, 2.45) is 0 Å². The molecular weight excluding hydrogens is 178 g/mol. The summed E-state index contributed by atoms with van der Waals surface area (Å²) in [6.07, 6.45) is 3.84. The molecule has 4 nitrogen and oxygen atoms in total. The first kappa shape index (κ1) is 10.7. The van der Waals surface area contributed by atoms with Crippen molar-refractivity contribution in [3.8, 4) is 0 Å². The molecule has 0 aliphatic heterocycles. The SMILES string of the molecule is CNCCC(=O)Nc1cnccc1C. The third kappa shape index (κ3) is 3.14. The lowest BCUT2D eigenvalue weighted by Crippen LogP contribution is -2.19. The molecule has 2 N–H and O–H groups in total. The summed E-state index contributed by atoms with van der Waals surface area (Å²) in [5.74, 6) is 0.00968. The Morgan fingerprint density at radius 3 is 3.00 bits per heavy atom. The summed E-state index contributed by atoms with van der Waals surface area (Å²) >= 11 is 0. The Balaban J connectivity index is 2.52. The Kier molecular flexibility index (Phi) is 4.07. The zero-order valence-electron chi connectivity index (χ0n) is 8.50. The van der Waals surface area contributed by atoms with Crippen molar-refractivity contribution in [2.75, 3.05) is 18.9 Å². The molecule has 1 heterocycles. The number of anilines is 1. The second-order valence-electron chi connectivity index (χ2n) is 3.09. The van der Waals surface area contributed by atoms with Gasteiger partial charge >= 0.3 is 0 Å². The highest BCUT2D eigenvalue weighted by Gasteiger charge is 2.02. The van der Waals surface area contributed by atoms with E-state index < -0.39 is 0 Å². The number of carbonyl (C=O) groups is 1. The van der Waals surface area contributed by atoms with Gasteiger partial charge in [-0.1, -0.05) is 0 Å². The zero-order valence-corrected chi connectivity index (χ0v) is 8.50. The Bertz CT molecular complexity index is 312. The minimum Gasteiger partial charge on any atom is -0.324 e. The van der Waals surface area contributed by atoms with E-state index in [1.54, 1.807) is 12.4 Å². The Morgan fingerprint density at radius 1 is 1.57 bits per heavy atom. The van der Waals surface area contributed by atoms with Crippen LogP contribution < -0.4 is 10.6 Å². The summed E-state index contributed by atoms with van der Waals surface area (Å²) in [6.45, 7) is 2.63. The number of hydrogen-bond donors (Lipinski definition) is 2. The fourth-order valence-corrected chi connectivity index (χ4v) is 1.05. The molecule has 0 spiro atoms. The molecule has 0 atom stereocenters. The lowest BCUT2D eigenvalue weighted by molar-refractivity contribution is -0.116. The van der Waals surface area contributed by atoms with Gasteiger partial charge in [0.25, 0.3) is 0 Å². The van der Waals surface area contributed by atoms with Crippen molar-refractivity contribution < 1.29 is 4.79 Å². The quantitative estimate of drug-likeness (QED) is 0.748. The van der Waals surface area contributed by atoms with Gasteiger partial charge in [-0.25, -0.2) is 0 Å². The van der Waals surface area contributed by atoms with Crippen LogP contribution in [0.5, 0.6) is 0 Å². The summed E-state index contributed by atoms with van der Waals surface area (Å²) in [7, 11) is 1.82. The predicted octanol–water partition coefficient (Wildman–Crippen LogP) is 0.938. The number of rotatable bonds is 4. The number of carbonyl (C=O) groups excluding carboxylic acids is 1. The fraction of sp³-hybridized carbons (Fsp3) is 0.400. The van der Waals surface area contributed by atoms with E-state index in [0.717, 1.165) is 11.3 Å². The number of hydrogen-bond acceptors (Lipinski definition) is 3. The lowest BCUT2D eigenvalue weighted by Gasteiger charge is -2.06. The third-order valence-corrected chi connectivity index (χ3v) is 1.92. The molecule has 14 heavy (non-hydrogen) atoms. The molecule has 4 heteroatoms. The molecule has 0 fully saturated rings. The van der Waals surface area contributed by atoms with E-state index in [2.05, 4.69) is 15.6 Å². The molecule has 0 aliphatic carbocycles. The van der Waals surface area contributed by atoms with Crippen molar-refractivity contribution in [3.05, 3.63) is 24.0 Å². The van der Waals surface area contributed by atoms with Crippen LogP contribution in [0.15, 0.2) is 18.5 Å². The smallest absolute Gasteiger partial charge is 0.225 e. The van der Waals surface area contributed by atoms with Crippen LogP contribution in [0.2, 0.25) is 0 Å². The van der Waals surface area contributed by atoms with Crippen LogP contribution in [-0.2, 0) is 4.79 Å². The molecule has 1 aromatic heterocycles. The van der Waals surface area contributed by atoms with Crippen molar-refractivity contribution in [1.29, 1.82) is 0 Å². The normalized spacial score (nSPS) is 9.86. The average Bonchev–Trinajstić information content (AvgIpc) is 2.18. The van der Waals surface area contributed by atoms with Crippen LogP contribution in [0.4, 0.5) is 5.69 Å². The highest BCUT2D eigenvalue weighted by atomic mass is 16.1. The molecule has 0 aromatic carbocycles. The zero-order chi connectivity index (χ0) is 10.4. The maximum atomic E-state index is 11.3. The van der Waals surface area contributed by atoms with Gasteiger partial charge in [-0.15, -0.1) is 0 Å². The summed E-state index contributed by atoms with van der Waals surface area (Å²) in [5, 5.41) is 5.73. The monoisotopic (exact) mass is 193 g/mol. The highest BCUT2D eigenvalue weighted by Crippen LogP contribution is 2.11. The van der Waals surface area contributed by atoms with Crippen molar-refractivity contribution >= 4 is 11.6 Å². The van der Waals surface area contributed by atoms with E-state index in [0.29, 0.717) is 13.0 Å². The molecule has 1 amide bonds. The maximum absolute atomic E-state index is 11.3. The Labute approximate surface area is 83.7 Å². The number of aryl methyl sites for hydroxylation is 1. The Hall–Kier alpha value is -1.42. The predicted molar refractivity (Wildman–Crippen MR) is 56.1 cm³/mol. The number of nitrogens with zero attached hydrogens (tertiary/aromatic N) is 1. The van der Waals surface area contributed by atoms with E-state index in [1.807, 2.05) is 20.0 Å². The minimum atomic E-state index is 0.00968. The first-order valence-corrected chi connectivity index (χ1v) is 4.59. The van der Waals surface area contributed by atoms with Gasteiger partial charge in [0.05, 0.1) is 11.9 Å². The molecule has 1 aromatic rings. The fourth-order valence-electron chi connectivity index (χ4n) is 1.05. The van der Waals surface area contributed by atoms with Gasteiger partial charge in [0.1, 0.15) is 0 Å². The van der Waals surface area contributed by atoms with E-state index in [4.69, 9.17) is 0 Å². The number of aromatic nitrogens is 1. The molecule has 0 aliphatic rings. The van der Waals surface area contributed by atoms with E-state index in [-0.39, 0.29) is 5.91 Å². The molecule has 1 rings (SSSR count). The molecule has 0 saturated heterocycles. The molecule has 0 bridgehead atoms. The second-order valence-corrected chi connectivity index (χ2v) is 3.09. The average molecular weight is 193 g/mol. The van der Waals surface area contributed by atoms with Gasteiger partial charge in [-0.05, 0) is 25.6 Å². The number of amides is 1. The van der Waals surface area contributed by atoms with Gasteiger partial charge in [-0.3, -0.25) is 9.78 Å². The summed E-state index contributed by atoms with van der Waals surface area (Å²) in [4.78, 5) is 15.3. The van der Waals surface area contributed by atoms with Crippen molar-refractivity contribution in [1.82, 2.24) is 10.3 Å². The van der Waals surface area contributed by atoms with Gasteiger partial charge in [0.15, 0.2) is 0 Å². The van der Waals surface area contributed by atoms with Crippen molar-refractivity contribution in [3.63, 3.8) is 0 Å². The van der Waals surface area contributed by atoms with Crippen LogP contribution in [0.1, 0.15) is 12.0 Å². The van der Waals surface area contributed by atoms with Gasteiger partial charge in [-0.2, -0.15) is 0 Å². The van der Waals surface area contributed by atoms with Crippen LogP contribution in [0, 0.1) is 6.92 Å². The minimum absolute atomic E-state index is 0.00968. The summed E-state index contributed by atoms with van der Waals surface area (Å²) in [6, 6.07) is 1.87. The van der Waals surface area contributed by atoms with Gasteiger partial charge in [0.2, 0.25) is 5.91 Å². The van der Waals surface area contributed by atoms with Crippen LogP contribution >= 0.6 is 0 Å². The largest absolute Gasteiger partial charge is 0.324 e. The van der Waals surface area contributed by atoms with Gasteiger partial charge in [0, 0.05) is 19.2 Å². The van der Waals surface area contributed by atoms with Crippen molar-refractivity contribution in [2.45, 2.75) is 13.3 Å². The molecular formula is C10H15N3O. The van der Waals surface area contributed by atoms with E-state index in [9.17, 15) is 4.79 Å². The maximum Gasteiger partial charge on any atom is 0.225 e. The Morgan fingerprint density at radius 2 is 2.36 bits per heavy atom. The highest BCUT2D eigenvalue weighted by molar-refractivity contribution is 5.91. The standard InChI is InChI=1S/C10H15N3O/c1-8-3-6-12-7-9(8)13-10(14)4-5-11-2/h3,6-7,11H,4-5H2,1-2H3,(H,13,14).